The number of nitrogens with one attached hydrogen (secondary N) is 1. The number of amides is 1. The van der Waals surface area contributed by atoms with Crippen LogP contribution in [-0.2, 0) is 0 Å². The van der Waals surface area contributed by atoms with Crippen LogP contribution in [0.25, 0.3) is 0 Å². The van der Waals surface area contributed by atoms with E-state index < -0.39 is 0 Å². The molecule has 0 aliphatic rings. The maximum Gasteiger partial charge on any atom is 0.253 e. The number of benzene rings is 1. The molecule has 19 heavy (non-hydrogen) atoms. The van der Waals surface area contributed by atoms with Gasteiger partial charge in [0.15, 0.2) is 0 Å². The maximum atomic E-state index is 12.2. The van der Waals surface area contributed by atoms with E-state index in [1.54, 1.807) is 24.5 Å². The molecule has 2 aromatic rings. The third-order valence-corrected chi connectivity index (χ3v) is 4.48. The first-order valence-corrected chi connectivity index (χ1v) is 7.47. The summed E-state index contributed by atoms with van der Waals surface area (Å²) in [7, 11) is 1.58. The van der Waals surface area contributed by atoms with Crippen LogP contribution in [0, 0.1) is 0 Å². The van der Waals surface area contributed by atoms with Crippen molar-refractivity contribution in [2.75, 3.05) is 7.11 Å². The van der Waals surface area contributed by atoms with Crippen LogP contribution >= 0.6 is 27.3 Å². The highest BCUT2D eigenvalue weighted by Crippen LogP contribution is 2.24. The molecule has 0 saturated carbocycles. The summed E-state index contributed by atoms with van der Waals surface area (Å²) in [6, 6.07) is 9.32. The van der Waals surface area contributed by atoms with Gasteiger partial charge in [0.25, 0.3) is 5.91 Å². The van der Waals surface area contributed by atoms with Crippen molar-refractivity contribution in [1.29, 1.82) is 0 Å². The van der Waals surface area contributed by atoms with Crippen LogP contribution in [0.1, 0.15) is 28.2 Å². The molecule has 0 spiro atoms. The predicted molar refractivity (Wildman–Crippen MR) is 80.9 cm³/mol. The van der Waals surface area contributed by atoms with Gasteiger partial charge in [0.05, 0.1) is 18.7 Å². The molecule has 1 aromatic heterocycles. The lowest BCUT2D eigenvalue weighted by Crippen LogP contribution is -2.26. The highest BCUT2D eigenvalue weighted by molar-refractivity contribution is 9.10. The molecule has 1 atom stereocenters. The third-order valence-electron chi connectivity index (χ3n) is 2.74. The van der Waals surface area contributed by atoms with Gasteiger partial charge in [-0.3, -0.25) is 4.79 Å². The number of hydrogen-bond acceptors (Lipinski definition) is 3. The van der Waals surface area contributed by atoms with Gasteiger partial charge in [-0.15, -0.1) is 11.3 Å². The van der Waals surface area contributed by atoms with Gasteiger partial charge >= 0.3 is 0 Å². The van der Waals surface area contributed by atoms with Gasteiger partial charge < -0.3 is 10.1 Å². The fraction of sp³-hybridized carbons (Fsp3) is 0.214. The van der Waals surface area contributed by atoms with Crippen molar-refractivity contribution in [2.45, 2.75) is 13.0 Å². The smallest absolute Gasteiger partial charge is 0.253 e. The third kappa shape index (κ3) is 3.36. The zero-order valence-electron chi connectivity index (χ0n) is 10.6. The van der Waals surface area contributed by atoms with Gasteiger partial charge in [-0.2, -0.15) is 0 Å². The Morgan fingerprint density at radius 2 is 2.21 bits per heavy atom. The summed E-state index contributed by atoms with van der Waals surface area (Å²) in [5.41, 5.74) is 0.572. The maximum absolute atomic E-state index is 12.2. The fourth-order valence-electron chi connectivity index (χ4n) is 1.69. The molecule has 1 N–H and O–H groups in total. The van der Waals surface area contributed by atoms with Gasteiger partial charge in [0.2, 0.25) is 0 Å². The zero-order chi connectivity index (χ0) is 13.8. The normalized spacial score (nSPS) is 11.9. The molecule has 0 fully saturated rings. The second-order valence-corrected chi connectivity index (χ2v) is 5.89. The predicted octanol–water partition coefficient (Wildman–Crippen LogP) is 4.01. The van der Waals surface area contributed by atoms with Crippen molar-refractivity contribution in [3.8, 4) is 5.75 Å². The Morgan fingerprint density at radius 1 is 1.42 bits per heavy atom. The number of carbonyl (C=O) groups is 1. The standard InChI is InChI=1S/C14H14BrNO2S/c1-9(13-4-3-7-19-13)16-14(17)11-8-10(18-2)5-6-12(11)15/h3-9H,1-2H3,(H,16,17). The zero-order valence-corrected chi connectivity index (χ0v) is 13.0. The van der Waals surface area contributed by atoms with Gasteiger partial charge in [-0.05, 0) is 52.5 Å². The fourth-order valence-corrected chi connectivity index (χ4v) is 2.85. The van der Waals surface area contributed by atoms with E-state index >= 15 is 0 Å². The van der Waals surface area contributed by atoms with E-state index in [4.69, 9.17) is 4.74 Å². The SMILES string of the molecule is COc1ccc(Br)c(C(=O)NC(C)c2cccs2)c1. The number of ether oxygens (including phenoxy) is 1. The summed E-state index contributed by atoms with van der Waals surface area (Å²) in [5, 5.41) is 4.98. The van der Waals surface area contributed by atoms with Gasteiger partial charge in [0, 0.05) is 9.35 Å². The molecule has 0 radical (unpaired) electrons. The van der Waals surface area contributed by atoms with Crippen molar-refractivity contribution < 1.29 is 9.53 Å². The van der Waals surface area contributed by atoms with Gasteiger partial charge in [-0.25, -0.2) is 0 Å². The first-order chi connectivity index (χ1) is 9.11. The molecule has 2 rings (SSSR count). The number of carbonyl (C=O) groups excluding carboxylic acids is 1. The van der Waals surface area contributed by atoms with Crippen LogP contribution in [-0.4, -0.2) is 13.0 Å². The molecular weight excluding hydrogens is 326 g/mol. The van der Waals surface area contributed by atoms with E-state index in [2.05, 4.69) is 21.2 Å². The average molecular weight is 340 g/mol. The van der Waals surface area contributed by atoms with E-state index in [9.17, 15) is 4.79 Å². The van der Waals surface area contributed by atoms with Gasteiger partial charge in [-0.1, -0.05) is 6.07 Å². The number of halogens is 1. The summed E-state index contributed by atoms with van der Waals surface area (Å²) in [5.74, 6) is 0.545. The second-order valence-electron chi connectivity index (χ2n) is 4.06. The summed E-state index contributed by atoms with van der Waals surface area (Å²) >= 11 is 5.01. The number of thiophene rings is 1. The number of methoxy groups -OCH3 is 1. The van der Waals surface area contributed by atoms with Crippen LogP contribution in [0.3, 0.4) is 0 Å². The first-order valence-electron chi connectivity index (χ1n) is 5.79. The van der Waals surface area contributed by atoms with E-state index in [-0.39, 0.29) is 11.9 Å². The summed E-state index contributed by atoms with van der Waals surface area (Å²) in [6.07, 6.45) is 0. The minimum absolute atomic E-state index is 0.00870. The van der Waals surface area contributed by atoms with Gasteiger partial charge in [0.1, 0.15) is 5.75 Å². The Bertz CT molecular complexity index is 569. The molecule has 1 aromatic carbocycles. The largest absolute Gasteiger partial charge is 0.497 e. The lowest BCUT2D eigenvalue weighted by molar-refractivity contribution is 0.0939. The van der Waals surface area contributed by atoms with Crippen LogP contribution in [0.4, 0.5) is 0 Å². The molecule has 0 aliphatic carbocycles. The molecule has 1 unspecified atom stereocenters. The monoisotopic (exact) mass is 339 g/mol. The summed E-state index contributed by atoms with van der Waals surface area (Å²) in [4.78, 5) is 13.4. The number of hydrogen-bond donors (Lipinski definition) is 1. The molecule has 5 heteroatoms. The van der Waals surface area contributed by atoms with Crippen molar-refractivity contribution in [3.63, 3.8) is 0 Å². The Morgan fingerprint density at radius 3 is 2.84 bits per heavy atom. The molecule has 0 bridgehead atoms. The van der Waals surface area contributed by atoms with Crippen LogP contribution in [0.15, 0.2) is 40.2 Å². The van der Waals surface area contributed by atoms with Crippen LogP contribution in [0.5, 0.6) is 5.75 Å². The lowest BCUT2D eigenvalue weighted by atomic mass is 10.2. The minimum Gasteiger partial charge on any atom is -0.497 e. The van der Waals surface area contributed by atoms with E-state index in [0.717, 1.165) is 9.35 Å². The van der Waals surface area contributed by atoms with Crippen molar-refractivity contribution in [2.24, 2.45) is 0 Å². The Kier molecular flexibility index (Phi) is 4.61. The quantitative estimate of drug-likeness (QED) is 0.913. The Hall–Kier alpha value is -1.33. The molecule has 100 valence electrons. The van der Waals surface area contributed by atoms with Crippen molar-refractivity contribution >= 4 is 33.2 Å². The van der Waals surface area contributed by atoms with Crippen LogP contribution < -0.4 is 10.1 Å². The highest BCUT2D eigenvalue weighted by Gasteiger charge is 2.15. The highest BCUT2D eigenvalue weighted by atomic mass is 79.9. The molecule has 0 saturated heterocycles. The summed E-state index contributed by atoms with van der Waals surface area (Å²) in [6.45, 7) is 1.97. The molecule has 3 nitrogen and oxygen atoms in total. The number of rotatable bonds is 4. The van der Waals surface area contributed by atoms with Crippen LogP contribution in [0.2, 0.25) is 0 Å². The second kappa shape index (κ2) is 6.21. The lowest BCUT2D eigenvalue weighted by Gasteiger charge is -2.13. The first kappa shape index (κ1) is 14.1. The van der Waals surface area contributed by atoms with E-state index in [0.29, 0.717) is 11.3 Å². The summed E-state index contributed by atoms with van der Waals surface area (Å²) < 4.78 is 5.89. The van der Waals surface area contributed by atoms with Crippen molar-refractivity contribution in [1.82, 2.24) is 5.32 Å². The van der Waals surface area contributed by atoms with E-state index in [1.807, 2.05) is 36.6 Å². The Labute approximate surface area is 124 Å². The molecule has 0 aliphatic heterocycles. The Balaban J connectivity index is 2.16. The molecule has 1 heterocycles. The molecule has 1 amide bonds. The van der Waals surface area contributed by atoms with Crippen molar-refractivity contribution in [3.05, 3.63) is 50.6 Å². The molecular formula is C14H14BrNO2S. The topological polar surface area (TPSA) is 38.3 Å². The minimum atomic E-state index is -0.119. The van der Waals surface area contributed by atoms with E-state index in [1.165, 1.54) is 0 Å². The average Bonchev–Trinajstić information content (AvgIpc) is 2.93.